The van der Waals surface area contributed by atoms with Crippen LogP contribution in [0.3, 0.4) is 0 Å². The van der Waals surface area contributed by atoms with E-state index in [9.17, 15) is 5.11 Å². The van der Waals surface area contributed by atoms with Crippen LogP contribution in [0.5, 0.6) is 0 Å². The highest BCUT2D eigenvalue weighted by atomic mass is 16.3. The summed E-state index contributed by atoms with van der Waals surface area (Å²) >= 11 is 0. The third-order valence-corrected chi connectivity index (χ3v) is 2.52. The van der Waals surface area contributed by atoms with E-state index in [1.807, 2.05) is 12.1 Å². The van der Waals surface area contributed by atoms with Crippen LogP contribution < -0.4 is 0 Å². The molecule has 1 aliphatic carbocycles. The Bertz CT molecular complexity index is 256. The fourth-order valence-corrected chi connectivity index (χ4v) is 1.61. The summed E-state index contributed by atoms with van der Waals surface area (Å²) in [5.41, 5.74) is 1.18. The molecule has 13 heavy (non-hydrogen) atoms. The lowest BCUT2D eigenvalue weighted by molar-refractivity contribution is 0.158. The molecule has 0 spiro atoms. The van der Waals surface area contributed by atoms with Gasteiger partial charge in [-0.3, -0.25) is 4.98 Å². The molecule has 0 amide bonds. The van der Waals surface area contributed by atoms with Gasteiger partial charge in [0.15, 0.2) is 0 Å². The van der Waals surface area contributed by atoms with Gasteiger partial charge in [0.05, 0.1) is 6.10 Å². The number of aliphatic hydroxyl groups is 1. The number of rotatable bonds is 4. The standard InChI is InChI=1S/C11H15NO/c13-11(7-9-1-2-9)8-10-3-5-12-6-4-10/h3-6,9,11,13H,1-2,7-8H2. The zero-order valence-electron chi connectivity index (χ0n) is 7.69. The Kier molecular flexibility index (Phi) is 2.60. The van der Waals surface area contributed by atoms with E-state index in [2.05, 4.69) is 4.98 Å². The molecule has 0 aliphatic heterocycles. The fraction of sp³-hybridized carbons (Fsp3) is 0.545. The number of hydrogen-bond donors (Lipinski definition) is 1. The molecule has 1 N–H and O–H groups in total. The first-order chi connectivity index (χ1) is 6.34. The predicted molar refractivity (Wildman–Crippen MR) is 51.3 cm³/mol. The normalized spacial score (nSPS) is 18.5. The van der Waals surface area contributed by atoms with Gasteiger partial charge in [-0.05, 0) is 36.5 Å². The second-order valence-electron chi connectivity index (χ2n) is 3.89. The van der Waals surface area contributed by atoms with Gasteiger partial charge in [0.25, 0.3) is 0 Å². The van der Waals surface area contributed by atoms with Crippen LogP contribution in [0.15, 0.2) is 24.5 Å². The van der Waals surface area contributed by atoms with Crippen molar-refractivity contribution in [2.45, 2.75) is 31.8 Å². The molecule has 0 aromatic carbocycles. The fourth-order valence-electron chi connectivity index (χ4n) is 1.61. The van der Waals surface area contributed by atoms with Gasteiger partial charge in [-0.1, -0.05) is 12.8 Å². The number of hydrogen-bond acceptors (Lipinski definition) is 2. The lowest BCUT2D eigenvalue weighted by atomic mass is 10.1. The highest BCUT2D eigenvalue weighted by molar-refractivity contribution is 5.10. The number of nitrogens with zero attached hydrogens (tertiary/aromatic N) is 1. The average molecular weight is 177 g/mol. The highest BCUT2D eigenvalue weighted by Crippen LogP contribution is 2.33. The molecule has 1 unspecified atom stereocenters. The quantitative estimate of drug-likeness (QED) is 0.760. The average Bonchev–Trinajstić information content (AvgIpc) is 2.90. The van der Waals surface area contributed by atoms with Crippen LogP contribution in [0.4, 0.5) is 0 Å². The van der Waals surface area contributed by atoms with Gasteiger partial charge >= 0.3 is 0 Å². The topological polar surface area (TPSA) is 33.1 Å². The molecule has 2 heteroatoms. The van der Waals surface area contributed by atoms with Gasteiger partial charge in [-0.15, -0.1) is 0 Å². The van der Waals surface area contributed by atoms with Crippen molar-refractivity contribution in [3.63, 3.8) is 0 Å². The Morgan fingerprint density at radius 3 is 2.69 bits per heavy atom. The Hall–Kier alpha value is -0.890. The lowest BCUT2D eigenvalue weighted by Gasteiger charge is -2.08. The van der Waals surface area contributed by atoms with E-state index in [1.165, 1.54) is 18.4 Å². The minimum atomic E-state index is -0.158. The second-order valence-corrected chi connectivity index (χ2v) is 3.89. The maximum Gasteiger partial charge on any atom is 0.0583 e. The summed E-state index contributed by atoms with van der Waals surface area (Å²) in [7, 11) is 0. The van der Waals surface area contributed by atoms with E-state index in [4.69, 9.17) is 0 Å². The molecule has 70 valence electrons. The van der Waals surface area contributed by atoms with Crippen molar-refractivity contribution in [2.24, 2.45) is 5.92 Å². The summed E-state index contributed by atoms with van der Waals surface area (Å²) in [4.78, 5) is 3.94. The molecule has 1 aromatic heterocycles. The van der Waals surface area contributed by atoms with Crippen molar-refractivity contribution < 1.29 is 5.11 Å². The molecule has 1 fully saturated rings. The largest absolute Gasteiger partial charge is 0.393 e. The van der Waals surface area contributed by atoms with Gasteiger partial charge < -0.3 is 5.11 Å². The van der Waals surface area contributed by atoms with Crippen LogP contribution in [0.1, 0.15) is 24.8 Å². The number of pyridine rings is 1. The molecular formula is C11H15NO. The number of aromatic nitrogens is 1. The molecule has 0 saturated heterocycles. The monoisotopic (exact) mass is 177 g/mol. The van der Waals surface area contributed by atoms with Crippen molar-refractivity contribution >= 4 is 0 Å². The first kappa shape index (κ1) is 8.70. The smallest absolute Gasteiger partial charge is 0.0583 e. The SMILES string of the molecule is OC(Cc1ccncc1)CC1CC1. The summed E-state index contributed by atoms with van der Waals surface area (Å²) in [6.45, 7) is 0. The Morgan fingerprint density at radius 1 is 1.38 bits per heavy atom. The molecule has 2 rings (SSSR count). The van der Waals surface area contributed by atoms with Gasteiger partial charge in [-0.2, -0.15) is 0 Å². The van der Waals surface area contributed by atoms with Crippen molar-refractivity contribution in [1.82, 2.24) is 4.98 Å². The van der Waals surface area contributed by atoms with Crippen LogP contribution in [-0.4, -0.2) is 16.2 Å². The van der Waals surface area contributed by atoms with Crippen molar-refractivity contribution in [3.05, 3.63) is 30.1 Å². The Balaban J connectivity index is 1.82. The third kappa shape index (κ3) is 2.81. The minimum Gasteiger partial charge on any atom is -0.393 e. The lowest BCUT2D eigenvalue weighted by Crippen LogP contribution is -2.11. The molecule has 1 heterocycles. The Morgan fingerprint density at radius 2 is 2.08 bits per heavy atom. The van der Waals surface area contributed by atoms with Crippen LogP contribution in [0, 0.1) is 5.92 Å². The van der Waals surface area contributed by atoms with E-state index in [1.54, 1.807) is 12.4 Å². The van der Waals surface area contributed by atoms with Crippen LogP contribution >= 0.6 is 0 Å². The summed E-state index contributed by atoms with van der Waals surface area (Å²) in [5, 5.41) is 9.69. The first-order valence-corrected chi connectivity index (χ1v) is 4.91. The molecule has 1 aromatic rings. The number of aliphatic hydroxyl groups excluding tert-OH is 1. The summed E-state index contributed by atoms with van der Waals surface area (Å²) in [6, 6.07) is 3.94. The van der Waals surface area contributed by atoms with E-state index in [-0.39, 0.29) is 6.10 Å². The molecule has 1 saturated carbocycles. The van der Waals surface area contributed by atoms with Gasteiger partial charge in [0.1, 0.15) is 0 Å². The summed E-state index contributed by atoms with van der Waals surface area (Å²) in [6.07, 6.45) is 7.77. The third-order valence-electron chi connectivity index (χ3n) is 2.52. The summed E-state index contributed by atoms with van der Waals surface area (Å²) in [5.74, 6) is 0.803. The van der Waals surface area contributed by atoms with Crippen LogP contribution in [0.2, 0.25) is 0 Å². The molecule has 0 bridgehead atoms. The van der Waals surface area contributed by atoms with E-state index in [0.29, 0.717) is 0 Å². The van der Waals surface area contributed by atoms with Crippen molar-refractivity contribution in [2.75, 3.05) is 0 Å². The molecule has 1 atom stereocenters. The second kappa shape index (κ2) is 3.88. The van der Waals surface area contributed by atoms with E-state index >= 15 is 0 Å². The molecule has 0 radical (unpaired) electrons. The molecule has 1 aliphatic rings. The van der Waals surface area contributed by atoms with Crippen molar-refractivity contribution in [1.29, 1.82) is 0 Å². The molecule has 2 nitrogen and oxygen atoms in total. The van der Waals surface area contributed by atoms with E-state index < -0.39 is 0 Å². The maximum absolute atomic E-state index is 9.69. The van der Waals surface area contributed by atoms with Crippen molar-refractivity contribution in [3.8, 4) is 0 Å². The first-order valence-electron chi connectivity index (χ1n) is 4.91. The Labute approximate surface area is 78.6 Å². The van der Waals surface area contributed by atoms with Gasteiger partial charge in [0, 0.05) is 12.4 Å². The van der Waals surface area contributed by atoms with E-state index in [0.717, 1.165) is 18.8 Å². The van der Waals surface area contributed by atoms with Crippen LogP contribution in [0.25, 0.3) is 0 Å². The van der Waals surface area contributed by atoms with Crippen LogP contribution in [-0.2, 0) is 6.42 Å². The van der Waals surface area contributed by atoms with Gasteiger partial charge in [-0.25, -0.2) is 0 Å². The maximum atomic E-state index is 9.69. The zero-order chi connectivity index (χ0) is 9.10. The summed E-state index contributed by atoms with van der Waals surface area (Å²) < 4.78 is 0. The molecular weight excluding hydrogens is 162 g/mol. The highest BCUT2D eigenvalue weighted by Gasteiger charge is 2.24. The zero-order valence-corrected chi connectivity index (χ0v) is 7.69. The minimum absolute atomic E-state index is 0.158. The predicted octanol–water partition coefficient (Wildman–Crippen LogP) is 1.79. The van der Waals surface area contributed by atoms with Gasteiger partial charge in [0.2, 0.25) is 0 Å².